The molecule has 0 heterocycles. The van der Waals surface area contributed by atoms with Gasteiger partial charge in [-0.3, -0.25) is 9.63 Å². The molecule has 110 valence electrons. The third-order valence-electron chi connectivity index (χ3n) is 3.54. The van der Waals surface area contributed by atoms with Gasteiger partial charge in [0.05, 0.1) is 11.5 Å². The topological polar surface area (TPSA) is 38.3 Å². The molecule has 0 aliphatic heterocycles. The first-order chi connectivity index (χ1) is 10.0. The van der Waals surface area contributed by atoms with Crippen LogP contribution in [0, 0.1) is 0 Å². The Morgan fingerprint density at radius 3 is 1.76 bits per heavy atom. The number of carbonyl (C=O) groups excluding carboxylic acids is 1. The van der Waals surface area contributed by atoms with E-state index in [0.29, 0.717) is 0 Å². The molecule has 0 aliphatic rings. The van der Waals surface area contributed by atoms with Gasteiger partial charge < -0.3 is 0 Å². The molecule has 0 bridgehead atoms. The molecule has 0 spiro atoms. The molecule has 0 aromatic heterocycles. The normalized spacial score (nSPS) is 11.4. The second-order valence-corrected chi connectivity index (χ2v) is 5.45. The Hall–Kier alpha value is -2.13. The molecular weight excluding hydrogens is 262 g/mol. The van der Waals surface area contributed by atoms with Crippen molar-refractivity contribution in [2.75, 3.05) is 0 Å². The lowest BCUT2D eigenvalue weighted by Gasteiger charge is -2.29. The summed E-state index contributed by atoms with van der Waals surface area (Å²) in [6.07, 6.45) is -0.0650. The SMILES string of the molecule is CC(C)ONC(=O)C(C)(c1ccccc1)c1ccccc1. The lowest BCUT2D eigenvalue weighted by atomic mass is 9.75. The molecule has 1 N–H and O–H groups in total. The highest BCUT2D eigenvalue weighted by atomic mass is 16.7. The van der Waals surface area contributed by atoms with E-state index in [1.54, 1.807) is 0 Å². The van der Waals surface area contributed by atoms with Crippen LogP contribution in [0.2, 0.25) is 0 Å². The zero-order valence-electron chi connectivity index (χ0n) is 12.7. The van der Waals surface area contributed by atoms with Gasteiger partial charge in [-0.05, 0) is 31.9 Å². The second kappa shape index (κ2) is 6.55. The van der Waals surface area contributed by atoms with Crippen molar-refractivity contribution in [3.63, 3.8) is 0 Å². The summed E-state index contributed by atoms with van der Waals surface area (Å²) < 4.78 is 0. The Kier molecular flexibility index (Phi) is 4.76. The number of nitrogens with one attached hydrogen (secondary N) is 1. The van der Waals surface area contributed by atoms with Crippen molar-refractivity contribution in [1.29, 1.82) is 0 Å². The molecule has 3 nitrogen and oxygen atoms in total. The molecule has 2 aromatic carbocycles. The number of amides is 1. The van der Waals surface area contributed by atoms with Crippen LogP contribution in [-0.4, -0.2) is 12.0 Å². The zero-order chi connectivity index (χ0) is 15.3. The van der Waals surface area contributed by atoms with Gasteiger partial charge in [0.25, 0.3) is 5.91 Å². The fourth-order valence-corrected chi connectivity index (χ4v) is 2.25. The monoisotopic (exact) mass is 283 g/mol. The maximum absolute atomic E-state index is 12.7. The molecule has 21 heavy (non-hydrogen) atoms. The number of hydrogen-bond acceptors (Lipinski definition) is 2. The molecule has 0 unspecified atom stereocenters. The lowest BCUT2D eigenvalue weighted by molar-refractivity contribution is -0.141. The Morgan fingerprint density at radius 1 is 0.952 bits per heavy atom. The average Bonchev–Trinajstić information content (AvgIpc) is 2.53. The van der Waals surface area contributed by atoms with E-state index in [-0.39, 0.29) is 12.0 Å². The van der Waals surface area contributed by atoms with Crippen LogP contribution in [0.1, 0.15) is 31.9 Å². The molecule has 0 radical (unpaired) electrons. The van der Waals surface area contributed by atoms with Crippen molar-refractivity contribution in [3.05, 3.63) is 71.8 Å². The van der Waals surface area contributed by atoms with Crippen molar-refractivity contribution < 1.29 is 9.63 Å². The predicted molar refractivity (Wildman–Crippen MR) is 83.7 cm³/mol. The standard InChI is InChI=1S/C18H21NO2/c1-14(2)21-19-17(20)18(3,15-10-6-4-7-11-15)16-12-8-5-9-13-16/h4-14H,1-3H3,(H,19,20). The fourth-order valence-electron chi connectivity index (χ4n) is 2.25. The molecule has 2 rings (SSSR count). The van der Waals surface area contributed by atoms with Gasteiger partial charge in [-0.1, -0.05) is 60.7 Å². The van der Waals surface area contributed by atoms with Gasteiger partial charge in [-0.15, -0.1) is 0 Å². The summed E-state index contributed by atoms with van der Waals surface area (Å²) in [7, 11) is 0. The minimum absolute atomic E-state index is 0.0650. The third kappa shape index (κ3) is 3.31. The first-order valence-electron chi connectivity index (χ1n) is 7.12. The maximum atomic E-state index is 12.7. The molecule has 0 fully saturated rings. The first kappa shape index (κ1) is 15.3. The highest BCUT2D eigenvalue weighted by Gasteiger charge is 2.37. The van der Waals surface area contributed by atoms with Crippen LogP contribution in [0.15, 0.2) is 60.7 Å². The summed E-state index contributed by atoms with van der Waals surface area (Å²) in [5.74, 6) is -0.173. The Balaban J connectivity index is 2.42. The average molecular weight is 283 g/mol. The molecule has 2 aromatic rings. The van der Waals surface area contributed by atoms with Crippen LogP contribution in [0.25, 0.3) is 0 Å². The van der Waals surface area contributed by atoms with Crippen LogP contribution in [0.3, 0.4) is 0 Å². The van der Waals surface area contributed by atoms with Gasteiger partial charge in [0.15, 0.2) is 0 Å². The van der Waals surface area contributed by atoms with Crippen molar-refractivity contribution in [2.24, 2.45) is 0 Å². The Labute approximate surface area is 125 Å². The zero-order valence-corrected chi connectivity index (χ0v) is 12.7. The summed E-state index contributed by atoms with van der Waals surface area (Å²) in [6.45, 7) is 5.67. The van der Waals surface area contributed by atoms with E-state index in [2.05, 4.69) is 5.48 Å². The molecule has 1 amide bonds. The number of hydroxylamine groups is 1. The van der Waals surface area contributed by atoms with Crippen molar-refractivity contribution in [3.8, 4) is 0 Å². The largest absolute Gasteiger partial charge is 0.271 e. The highest BCUT2D eigenvalue weighted by Crippen LogP contribution is 2.32. The Bertz CT molecular complexity index is 539. The van der Waals surface area contributed by atoms with Crippen LogP contribution < -0.4 is 5.48 Å². The molecule has 0 atom stereocenters. The number of hydrogen-bond donors (Lipinski definition) is 1. The summed E-state index contributed by atoms with van der Waals surface area (Å²) >= 11 is 0. The van der Waals surface area contributed by atoms with E-state index in [9.17, 15) is 4.79 Å². The minimum Gasteiger partial charge on any atom is -0.271 e. The summed E-state index contributed by atoms with van der Waals surface area (Å²) in [6, 6.07) is 19.5. The van der Waals surface area contributed by atoms with E-state index in [4.69, 9.17) is 4.84 Å². The van der Waals surface area contributed by atoms with Crippen LogP contribution >= 0.6 is 0 Å². The first-order valence-corrected chi connectivity index (χ1v) is 7.12. The van der Waals surface area contributed by atoms with E-state index in [0.717, 1.165) is 11.1 Å². The van der Waals surface area contributed by atoms with E-state index < -0.39 is 5.41 Å². The molecule has 0 saturated carbocycles. The van der Waals surface area contributed by atoms with Gasteiger partial charge in [-0.2, -0.15) is 0 Å². The Morgan fingerprint density at radius 2 is 1.38 bits per heavy atom. The molecule has 3 heteroatoms. The maximum Gasteiger partial charge on any atom is 0.258 e. The van der Waals surface area contributed by atoms with E-state index in [1.807, 2.05) is 81.4 Å². The van der Waals surface area contributed by atoms with Gasteiger partial charge in [-0.25, -0.2) is 5.48 Å². The number of benzene rings is 2. The smallest absolute Gasteiger partial charge is 0.258 e. The van der Waals surface area contributed by atoms with Crippen molar-refractivity contribution in [1.82, 2.24) is 5.48 Å². The minimum atomic E-state index is -0.794. The molecule has 0 aliphatic carbocycles. The predicted octanol–water partition coefficient (Wildman–Crippen LogP) is 3.45. The molecule has 0 saturated heterocycles. The summed E-state index contributed by atoms with van der Waals surface area (Å²) in [4.78, 5) is 18.0. The highest BCUT2D eigenvalue weighted by molar-refractivity contribution is 5.90. The van der Waals surface area contributed by atoms with E-state index in [1.165, 1.54) is 0 Å². The fraction of sp³-hybridized carbons (Fsp3) is 0.278. The quantitative estimate of drug-likeness (QED) is 0.854. The lowest BCUT2D eigenvalue weighted by Crippen LogP contribution is -2.44. The van der Waals surface area contributed by atoms with Crippen molar-refractivity contribution in [2.45, 2.75) is 32.3 Å². The second-order valence-electron chi connectivity index (χ2n) is 5.45. The van der Waals surface area contributed by atoms with Crippen LogP contribution in [-0.2, 0) is 15.0 Å². The van der Waals surface area contributed by atoms with E-state index >= 15 is 0 Å². The third-order valence-corrected chi connectivity index (χ3v) is 3.54. The summed E-state index contributed by atoms with van der Waals surface area (Å²) in [5.41, 5.74) is 3.65. The van der Waals surface area contributed by atoms with Gasteiger partial charge in [0, 0.05) is 0 Å². The number of rotatable bonds is 5. The van der Waals surface area contributed by atoms with Crippen LogP contribution in [0.5, 0.6) is 0 Å². The summed E-state index contributed by atoms with van der Waals surface area (Å²) in [5, 5.41) is 0. The number of carbonyl (C=O) groups is 1. The van der Waals surface area contributed by atoms with Gasteiger partial charge in [0.1, 0.15) is 0 Å². The van der Waals surface area contributed by atoms with Gasteiger partial charge in [0.2, 0.25) is 0 Å². The van der Waals surface area contributed by atoms with Crippen LogP contribution in [0.4, 0.5) is 0 Å². The van der Waals surface area contributed by atoms with Gasteiger partial charge >= 0.3 is 0 Å². The van der Waals surface area contributed by atoms with Crippen molar-refractivity contribution >= 4 is 5.91 Å². The molecular formula is C18H21NO2.